The summed E-state index contributed by atoms with van der Waals surface area (Å²) in [5.41, 5.74) is 2.09. The first-order valence-electron chi connectivity index (χ1n) is 5.47. The summed E-state index contributed by atoms with van der Waals surface area (Å²) < 4.78 is 0. The molecule has 86 valence electrons. The van der Waals surface area contributed by atoms with E-state index in [9.17, 15) is 0 Å². The van der Waals surface area contributed by atoms with Gasteiger partial charge in [0.15, 0.2) is 0 Å². The predicted molar refractivity (Wildman–Crippen MR) is 67.2 cm³/mol. The van der Waals surface area contributed by atoms with Gasteiger partial charge in [0.25, 0.3) is 0 Å². The maximum absolute atomic E-state index is 8.97. The zero-order valence-corrected chi connectivity index (χ0v) is 10.4. The normalized spacial score (nSPS) is 14.2. The van der Waals surface area contributed by atoms with E-state index in [4.69, 9.17) is 5.26 Å². The lowest BCUT2D eigenvalue weighted by Gasteiger charge is -2.24. The Kier molecular flexibility index (Phi) is 4.33. The van der Waals surface area contributed by atoms with Crippen molar-refractivity contribution in [2.24, 2.45) is 0 Å². The van der Waals surface area contributed by atoms with Crippen molar-refractivity contribution in [2.75, 3.05) is 19.4 Å². The van der Waals surface area contributed by atoms with E-state index < -0.39 is 0 Å². The molecule has 0 spiro atoms. The summed E-state index contributed by atoms with van der Waals surface area (Å²) in [6.07, 6.45) is 0.243. The number of rotatable bonds is 4. The third-order valence-electron chi connectivity index (χ3n) is 2.76. The number of nitriles is 1. The van der Waals surface area contributed by atoms with Crippen LogP contribution in [-0.2, 0) is 0 Å². The minimum Gasteiger partial charge on any atom is -0.370 e. The summed E-state index contributed by atoms with van der Waals surface area (Å²) in [6, 6.07) is 10.2. The van der Waals surface area contributed by atoms with Gasteiger partial charge in [-0.05, 0) is 39.6 Å². The van der Waals surface area contributed by atoms with Crippen LogP contribution in [0.25, 0.3) is 0 Å². The summed E-state index contributed by atoms with van der Waals surface area (Å²) in [4.78, 5) is 2.09. The van der Waals surface area contributed by atoms with Gasteiger partial charge in [-0.1, -0.05) is 18.2 Å². The Morgan fingerprint density at radius 3 is 2.44 bits per heavy atom. The van der Waals surface area contributed by atoms with Crippen molar-refractivity contribution in [1.29, 1.82) is 5.26 Å². The first-order valence-corrected chi connectivity index (χ1v) is 5.47. The average molecular weight is 217 g/mol. The molecule has 3 heteroatoms. The standard InChI is InChI=1S/C13H19N3/c1-10(9-14)12-7-5-6-8-13(12)15-11(2)16(3)4/h5-8,10-11,15H,1-4H3. The van der Waals surface area contributed by atoms with Gasteiger partial charge in [0, 0.05) is 5.69 Å². The number of hydrogen-bond acceptors (Lipinski definition) is 3. The summed E-state index contributed by atoms with van der Waals surface area (Å²) >= 11 is 0. The van der Waals surface area contributed by atoms with E-state index in [0.717, 1.165) is 11.3 Å². The van der Waals surface area contributed by atoms with Crippen LogP contribution >= 0.6 is 0 Å². The molecule has 0 bridgehead atoms. The van der Waals surface area contributed by atoms with E-state index in [1.54, 1.807) is 0 Å². The lowest BCUT2D eigenvalue weighted by molar-refractivity contribution is 0.343. The van der Waals surface area contributed by atoms with Crippen LogP contribution in [0, 0.1) is 11.3 Å². The zero-order valence-electron chi connectivity index (χ0n) is 10.4. The largest absolute Gasteiger partial charge is 0.370 e. The molecule has 0 aliphatic carbocycles. The van der Waals surface area contributed by atoms with Gasteiger partial charge in [0.05, 0.1) is 18.2 Å². The van der Waals surface area contributed by atoms with Crippen molar-refractivity contribution in [3.05, 3.63) is 29.8 Å². The number of nitrogens with one attached hydrogen (secondary N) is 1. The highest BCUT2D eigenvalue weighted by Gasteiger charge is 2.11. The van der Waals surface area contributed by atoms with Crippen LogP contribution in [0.5, 0.6) is 0 Å². The maximum atomic E-state index is 8.97. The molecule has 1 aromatic rings. The molecule has 0 fully saturated rings. The Labute approximate surface area is 97.7 Å². The van der Waals surface area contributed by atoms with E-state index >= 15 is 0 Å². The molecule has 0 saturated carbocycles. The van der Waals surface area contributed by atoms with E-state index in [2.05, 4.69) is 23.2 Å². The highest BCUT2D eigenvalue weighted by atomic mass is 15.2. The Balaban J connectivity index is 2.92. The Hall–Kier alpha value is -1.53. The Morgan fingerprint density at radius 2 is 1.88 bits per heavy atom. The molecule has 16 heavy (non-hydrogen) atoms. The van der Waals surface area contributed by atoms with Gasteiger partial charge in [-0.2, -0.15) is 5.26 Å². The van der Waals surface area contributed by atoms with Gasteiger partial charge in [0.2, 0.25) is 0 Å². The second-order valence-corrected chi connectivity index (χ2v) is 4.22. The summed E-state index contributed by atoms with van der Waals surface area (Å²) in [7, 11) is 4.04. The molecule has 0 aliphatic rings. The lowest BCUT2D eigenvalue weighted by atomic mass is 10.0. The molecule has 1 aromatic carbocycles. The summed E-state index contributed by atoms with van der Waals surface area (Å²) in [6.45, 7) is 4.01. The van der Waals surface area contributed by atoms with Crippen molar-refractivity contribution in [1.82, 2.24) is 4.90 Å². The van der Waals surface area contributed by atoms with Crippen molar-refractivity contribution >= 4 is 5.69 Å². The molecule has 0 aromatic heterocycles. The SMILES string of the molecule is CC(C#N)c1ccccc1NC(C)N(C)C. The highest BCUT2D eigenvalue weighted by molar-refractivity contribution is 5.54. The molecule has 1 rings (SSSR count). The van der Waals surface area contributed by atoms with Crippen molar-refractivity contribution in [2.45, 2.75) is 25.9 Å². The van der Waals surface area contributed by atoms with Crippen molar-refractivity contribution in [3.8, 4) is 6.07 Å². The number of para-hydroxylation sites is 1. The van der Waals surface area contributed by atoms with E-state index in [1.807, 2.05) is 45.3 Å². The number of benzene rings is 1. The molecule has 0 heterocycles. The second kappa shape index (κ2) is 5.53. The van der Waals surface area contributed by atoms with Gasteiger partial charge in [-0.15, -0.1) is 0 Å². The Bertz CT molecular complexity index is 379. The maximum Gasteiger partial charge on any atom is 0.0759 e. The molecule has 0 amide bonds. The zero-order chi connectivity index (χ0) is 12.1. The first-order chi connectivity index (χ1) is 7.56. The molecular weight excluding hydrogens is 198 g/mol. The van der Waals surface area contributed by atoms with Crippen molar-refractivity contribution in [3.63, 3.8) is 0 Å². The van der Waals surface area contributed by atoms with E-state index in [1.165, 1.54) is 0 Å². The van der Waals surface area contributed by atoms with Crippen LogP contribution in [-0.4, -0.2) is 25.2 Å². The highest BCUT2D eigenvalue weighted by Crippen LogP contribution is 2.24. The van der Waals surface area contributed by atoms with E-state index in [0.29, 0.717) is 0 Å². The average Bonchev–Trinajstić information content (AvgIpc) is 2.28. The molecule has 0 aliphatic heterocycles. The molecule has 2 atom stereocenters. The lowest BCUT2D eigenvalue weighted by Crippen LogP contribution is -2.32. The van der Waals surface area contributed by atoms with Crippen molar-refractivity contribution < 1.29 is 0 Å². The van der Waals surface area contributed by atoms with Gasteiger partial charge < -0.3 is 5.32 Å². The van der Waals surface area contributed by atoms with Crippen LogP contribution < -0.4 is 5.32 Å². The smallest absolute Gasteiger partial charge is 0.0759 e. The summed E-state index contributed by atoms with van der Waals surface area (Å²) in [5.74, 6) is -0.0851. The topological polar surface area (TPSA) is 39.1 Å². The van der Waals surface area contributed by atoms with Crippen LogP contribution in [0.3, 0.4) is 0 Å². The van der Waals surface area contributed by atoms with E-state index in [-0.39, 0.29) is 12.1 Å². The van der Waals surface area contributed by atoms with Gasteiger partial charge >= 0.3 is 0 Å². The van der Waals surface area contributed by atoms with Crippen LogP contribution in [0.2, 0.25) is 0 Å². The third kappa shape index (κ3) is 2.98. The van der Waals surface area contributed by atoms with Gasteiger partial charge in [0.1, 0.15) is 0 Å². The fourth-order valence-corrected chi connectivity index (χ4v) is 1.43. The molecule has 0 saturated heterocycles. The first kappa shape index (κ1) is 12.5. The molecule has 3 nitrogen and oxygen atoms in total. The van der Waals surface area contributed by atoms with Gasteiger partial charge in [-0.3, -0.25) is 4.90 Å². The quantitative estimate of drug-likeness (QED) is 0.788. The van der Waals surface area contributed by atoms with Gasteiger partial charge in [-0.25, -0.2) is 0 Å². The number of nitrogens with zero attached hydrogens (tertiary/aromatic N) is 2. The van der Waals surface area contributed by atoms with Crippen LogP contribution in [0.4, 0.5) is 5.69 Å². The minimum absolute atomic E-state index is 0.0851. The second-order valence-electron chi connectivity index (χ2n) is 4.22. The molecule has 2 unspecified atom stereocenters. The predicted octanol–water partition coefficient (Wildman–Crippen LogP) is 2.63. The minimum atomic E-state index is -0.0851. The molecule has 0 radical (unpaired) electrons. The fourth-order valence-electron chi connectivity index (χ4n) is 1.43. The van der Waals surface area contributed by atoms with Crippen LogP contribution in [0.15, 0.2) is 24.3 Å². The monoisotopic (exact) mass is 217 g/mol. The Morgan fingerprint density at radius 1 is 1.25 bits per heavy atom. The fraction of sp³-hybridized carbons (Fsp3) is 0.462. The van der Waals surface area contributed by atoms with Crippen LogP contribution in [0.1, 0.15) is 25.3 Å². The molecular formula is C13H19N3. The third-order valence-corrected chi connectivity index (χ3v) is 2.76. The number of anilines is 1. The number of hydrogen-bond donors (Lipinski definition) is 1. The molecule has 1 N–H and O–H groups in total. The summed E-state index contributed by atoms with van der Waals surface area (Å²) in [5, 5.41) is 12.4.